The first-order chi connectivity index (χ1) is 14.0. The molecule has 1 aliphatic heterocycles. The van der Waals surface area contributed by atoms with Crippen molar-refractivity contribution >= 4 is 27.6 Å². The fourth-order valence-electron chi connectivity index (χ4n) is 4.04. The van der Waals surface area contributed by atoms with Gasteiger partial charge in [-0.3, -0.25) is 13.9 Å². The molecule has 0 unspecified atom stereocenters. The van der Waals surface area contributed by atoms with Crippen LogP contribution in [0.1, 0.15) is 29.3 Å². The predicted octanol–water partition coefficient (Wildman–Crippen LogP) is 1.05. The van der Waals surface area contributed by atoms with E-state index in [1.54, 1.807) is 23.7 Å². The van der Waals surface area contributed by atoms with Crippen molar-refractivity contribution in [1.82, 2.24) is 19.4 Å². The van der Waals surface area contributed by atoms with Crippen molar-refractivity contribution in [2.24, 2.45) is 0 Å². The van der Waals surface area contributed by atoms with Crippen LogP contribution < -0.4 is 16.6 Å². The molecule has 1 N–H and O–H groups in total. The Hall–Kier alpha value is -2.17. The Kier molecular flexibility index (Phi) is 5.50. The van der Waals surface area contributed by atoms with Gasteiger partial charge in [0, 0.05) is 38.2 Å². The van der Waals surface area contributed by atoms with Crippen LogP contribution in [-0.2, 0) is 22.6 Å². The zero-order chi connectivity index (χ0) is 20.7. The summed E-state index contributed by atoms with van der Waals surface area (Å²) in [6.07, 6.45) is 1.40. The summed E-state index contributed by atoms with van der Waals surface area (Å²) in [5, 5.41) is 3.36. The minimum absolute atomic E-state index is 0.0854. The number of fused-ring (bicyclic) bond motifs is 1. The summed E-state index contributed by atoms with van der Waals surface area (Å²) in [7, 11) is 3.23. The van der Waals surface area contributed by atoms with Crippen LogP contribution in [0, 0.1) is 6.92 Å². The molecule has 0 radical (unpaired) electrons. The highest BCUT2D eigenvalue weighted by Gasteiger charge is 2.34. The van der Waals surface area contributed by atoms with Crippen LogP contribution in [0.15, 0.2) is 9.59 Å². The van der Waals surface area contributed by atoms with Crippen molar-refractivity contribution in [2.75, 3.05) is 33.9 Å². The Morgan fingerprint density at radius 2 is 1.97 bits per heavy atom. The average Bonchev–Trinajstić information content (AvgIpc) is 3.21. The number of hydrogen-bond donors (Lipinski definition) is 1. The van der Waals surface area contributed by atoms with Gasteiger partial charge in [0.2, 0.25) is 0 Å². The minimum atomic E-state index is -0.300. The molecular weight excluding hydrogens is 396 g/mol. The Morgan fingerprint density at radius 1 is 1.21 bits per heavy atom. The van der Waals surface area contributed by atoms with E-state index in [-0.39, 0.29) is 29.4 Å². The number of aromatic nitrogens is 2. The van der Waals surface area contributed by atoms with Gasteiger partial charge in [0.15, 0.2) is 0 Å². The highest BCUT2D eigenvalue weighted by molar-refractivity contribution is 7.18. The number of methoxy groups -OCH3 is 2. The molecule has 3 heterocycles. The van der Waals surface area contributed by atoms with Crippen LogP contribution in [0.25, 0.3) is 10.2 Å². The predicted molar refractivity (Wildman–Crippen MR) is 110 cm³/mol. The van der Waals surface area contributed by atoms with E-state index in [2.05, 4.69) is 5.32 Å². The molecule has 2 aromatic heterocycles. The molecule has 9 nitrogen and oxygen atoms in total. The number of hydrogen-bond acceptors (Lipinski definition) is 6. The highest BCUT2D eigenvalue weighted by Crippen LogP contribution is 2.34. The summed E-state index contributed by atoms with van der Waals surface area (Å²) in [5.41, 5.74) is 0.298. The third-order valence-electron chi connectivity index (χ3n) is 5.91. The van der Waals surface area contributed by atoms with Gasteiger partial charge in [-0.15, -0.1) is 11.3 Å². The molecule has 29 heavy (non-hydrogen) atoms. The SMILES string of the molecule is COCCn1c(=O)n([C@H]2C[C@H](OC)C2)c(=O)c2c(C)c(CN3CCNC3=O)sc21. The summed E-state index contributed by atoms with van der Waals surface area (Å²) in [6, 6.07) is -0.249. The quantitative estimate of drug-likeness (QED) is 0.720. The van der Waals surface area contributed by atoms with E-state index in [9.17, 15) is 14.4 Å². The van der Waals surface area contributed by atoms with Gasteiger partial charge in [0.1, 0.15) is 4.83 Å². The first-order valence-corrected chi connectivity index (χ1v) is 10.6. The van der Waals surface area contributed by atoms with Crippen LogP contribution in [-0.4, -0.2) is 60.1 Å². The van der Waals surface area contributed by atoms with E-state index in [1.165, 1.54) is 15.9 Å². The molecule has 0 spiro atoms. The second kappa shape index (κ2) is 7.92. The lowest BCUT2D eigenvalue weighted by Gasteiger charge is -2.35. The number of nitrogens with one attached hydrogen (secondary N) is 1. The number of carbonyl (C=O) groups excluding carboxylic acids is 1. The Labute approximate surface area is 171 Å². The van der Waals surface area contributed by atoms with E-state index in [4.69, 9.17) is 9.47 Å². The number of thiophene rings is 1. The number of urea groups is 1. The summed E-state index contributed by atoms with van der Waals surface area (Å²) >= 11 is 1.42. The summed E-state index contributed by atoms with van der Waals surface area (Å²) < 4.78 is 13.5. The smallest absolute Gasteiger partial charge is 0.332 e. The van der Waals surface area contributed by atoms with E-state index in [1.807, 2.05) is 6.92 Å². The first kappa shape index (κ1) is 20.1. The van der Waals surface area contributed by atoms with Crippen LogP contribution in [0.4, 0.5) is 4.79 Å². The second-order valence-electron chi connectivity index (χ2n) is 7.57. The maximum Gasteiger partial charge on any atom is 0.332 e. The monoisotopic (exact) mass is 422 g/mol. The zero-order valence-electron chi connectivity index (χ0n) is 16.9. The molecule has 0 atom stereocenters. The molecule has 0 aromatic carbocycles. The molecule has 2 aromatic rings. The summed E-state index contributed by atoms with van der Waals surface area (Å²) in [6.45, 7) is 4.33. The number of amides is 2. The molecule has 158 valence electrons. The molecule has 2 fully saturated rings. The molecule has 2 amide bonds. The maximum absolute atomic E-state index is 13.3. The van der Waals surface area contributed by atoms with Crippen molar-refractivity contribution in [2.45, 2.75) is 45.0 Å². The average molecular weight is 423 g/mol. The fraction of sp³-hybridized carbons (Fsp3) is 0.632. The minimum Gasteiger partial charge on any atom is -0.383 e. The van der Waals surface area contributed by atoms with Gasteiger partial charge in [0.05, 0.1) is 31.2 Å². The molecular formula is C19H26N4O5S. The molecule has 1 saturated heterocycles. The topological polar surface area (TPSA) is 94.8 Å². The van der Waals surface area contributed by atoms with Crippen molar-refractivity contribution < 1.29 is 14.3 Å². The normalized spacial score (nSPS) is 21.6. The summed E-state index contributed by atoms with van der Waals surface area (Å²) in [5.74, 6) is 0. The second-order valence-corrected chi connectivity index (χ2v) is 8.65. The van der Waals surface area contributed by atoms with Crippen LogP contribution >= 0.6 is 11.3 Å². The van der Waals surface area contributed by atoms with Crippen LogP contribution in [0.2, 0.25) is 0 Å². The van der Waals surface area contributed by atoms with Gasteiger partial charge >= 0.3 is 11.7 Å². The Bertz CT molecular complexity index is 1050. The molecule has 1 saturated carbocycles. The fourth-order valence-corrected chi connectivity index (χ4v) is 5.37. The number of ether oxygens (including phenoxy) is 2. The van der Waals surface area contributed by atoms with Gasteiger partial charge in [-0.25, -0.2) is 9.59 Å². The van der Waals surface area contributed by atoms with Gasteiger partial charge in [-0.2, -0.15) is 0 Å². The molecule has 10 heteroatoms. The van der Waals surface area contributed by atoms with E-state index < -0.39 is 0 Å². The van der Waals surface area contributed by atoms with Gasteiger partial charge in [-0.1, -0.05) is 0 Å². The zero-order valence-corrected chi connectivity index (χ0v) is 17.7. The lowest BCUT2D eigenvalue weighted by molar-refractivity contribution is 0.00357. The molecule has 4 rings (SSSR count). The number of rotatable bonds is 7. The molecule has 2 aliphatic rings. The van der Waals surface area contributed by atoms with Crippen molar-refractivity contribution in [3.63, 3.8) is 0 Å². The summed E-state index contributed by atoms with van der Waals surface area (Å²) in [4.78, 5) is 41.8. The van der Waals surface area contributed by atoms with Crippen LogP contribution in [0.3, 0.4) is 0 Å². The highest BCUT2D eigenvalue weighted by atomic mass is 32.1. The van der Waals surface area contributed by atoms with Crippen molar-refractivity contribution in [1.29, 1.82) is 0 Å². The maximum atomic E-state index is 13.3. The van der Waals surface area contributed by atoms with Crippen molar-refractivity contribution in [3.05, 3.63) is 31.3 Å². The molecule has 0 bridgehead atoms. The Morgan fingerprint density at radius 3 is 2.59 bits per heavy atom. The third-order valence-corrected chi connectivity index (χ3v) is 7.21. The number of carbonyl (C=O) groups is 1. The number of nitrogens with zero attached hydrogens (tertiary/aromatic N) is 3. The van der Waals surface area contributed by atoms with Gasteiger partial charge < -0.3 is 19.7 Å². The first-order valence-electron chi connectivity index (χ1n) is 9.78. The van der Waals surface area contributed by atoms with Crippen LogP contribution in [0.5, 0.6) is 0 Å². The van der Waals surface area contributed by atoms with E-state index >= 15 is 0 Å². The lowest BCUT2D eigenvalue weighted by atomic mass is 9.89. The van der Waals surface area contributed by atoms with Gasteiger partial charge in [-0.05, 0) is 25.3 Å². The van der Waals surface area contributed by atoms with Crippen molar-refractivity contribution in [3.8, 4) is 0 Å². The van der Waals surface area contributed by atoms with E-state index in [0.29, 0.717) is 55.8 Å². The standard InChI is InChI=1S/C19H26N4O5S/c1-11-14(10-21-5-4-20-18(21)25)29-17-15(11)16(24)23(12-8-13(9-12)28-3)19(26)22(17)6-7-27-2/h12-13H,4-10H2,1-3H3,(H,20,25)/t12-,13-. The third kappa shape index (κ3) is 3.38. The van der Waals surface area contributed by atoms with E-state index in [0.717, 1.165) is 10.4 Å². The Balaban J connectivity index is 1.83. The number of aryl methyl sites for hydroxylation is 1. The largest absolute Gasteiger partial charge is 0.383 e. The lowest BCUT2D eigenvalue weighted by Crippen LogP contribution is -2.47. The van der Waals surface area contributed by atoms with Gasteiger partial charge in [0.25, 0.3) is 5.56 Å². The molecule has 1 aliphatic carbocycles.